The molecule has 1 aliphatic carbocycles. The van der Waals surface area contributed by atoms with Gasteiger partial charge in [-0.2, -0.15) is 23.4 Å². The molecule has 1 amide bonds. The standard InChI is InChI=1S/C25H20F4N6O/c1-14(26)24(36)33-12-19(13-33)35-23-20(16-10-31-34(11-16)18-6-7-18)8-9-30-22(23)21(32-35)15-2-4-17(5-3-15)25(27,28)29/h2-5,8-11,18-19H,1,6-7,12-13H2. The molecule has 2 fully saturated rings. The molecule has 0 atom stereocenters. The number of pyridine rings is 1. The highest BCUT2D eigenvalue weighted by atomic mass is 19.4. The highest BCUT2D eigenvalue weighted by Gasteiger charge is 2.36. The zero-order valence-corrected chi connectivity index (χ0v) is 18.9. The van der Waals surface area contributed by atoms with Gasteiger partial charge < -0.3 is 4.90 Å². The summed E-state index contributed by atoms with van der Waals surface area (Å²) in [6, 6.07) is 6.75. The van der Waals surface area contributed by atoms with Gasteiger partial charge in [-0.1, -0.05) is 18.7 Å². The number of amides is 1. The first-order chi connectivity index (χ1) is 17.2. The summed E-state index contributed by atoms with van der Waals surface area (Å²) in [5.41, 5.74) is 3.03. The van der Waals surface area contributed by atoms with Crippen molar-refractivity contribution < 1.29 is 22.4 Å². The number of carbonyl (C=O) groups excluding carboxylic acids is 1. The largest absolute Gasteiger partial charge is 0.416 e. The van der Waals surface area contributed by atoms with Gasteiger partial charge in [0.1, 0.15) is 11.2 Å². The Balaban J connectivity index is 1.46. The normalized spacial score (nSPS) is 16.4. The predicted octanol–water partition coefficient (Wildman–Crippen LogP) is 5.18. The minimum Gasteiger partial charge on any atom is -0.332 e. The van der Waals surface area contributed by atoms with Crippen LogP contribution in [-0.2, 0) is 11.0 Å². The smallest absolute Gasteiger partial charge is 0.332 e. The van der Waals surface area contributed by atoms with E-state index in [1.165, 1.54) is 17.0 Å². The van der Waals surface area contributed by atoms with Gasteiger partial charge in [0, 0.05) is 42.2 Å². The number of aromatic nitrogens is 5. The Morgan fingerprint density at radius 2 is 1.75 bits per heavy atom. The summed E-state index contributed by atoms with van der Waals surface area (Å²) in [6.07, 6.45) is 3.07. The number of fused-ring (bicyclic) bond motifs is 1. The fraction of sp³-hybridized carbons (Fsp3) is 0.280. The summed E-state index contributed by atoms with van der Waals surface area (Å²) in [5, 5.41) is 9.22. The lowest BCUT2D eigenvalue weighted by Crippen LogP contribution is -2.51. The van der Waals surface area contributed by atoms with Gasteiger partial charge in [-0.15, -0.1) is 0 Å². The zero-order chi connectivity index (χ0) is 25.2. The number of nitrogens with zero attached hydrogens (tertiary/aromatic N) is 6. The number of carbonyl (C=O) groups is 1. The molecule has 184 valence electrons. The quantitative estimate of drug-likeness (QED) is 0.282. The fourth-order valence-corrected chi connectivity index (χ4v) is 4.54. The Hall–Kier alpha value is -4.02. The number of likely N-dealkylation sites (tertiary alicyclic amines) is 1. The van der Waals surface area contributed by atoms with Crippen molar-refractivity contribution in [1.82, 2.24) is 29.4 Å². The maximum Gasteiger partial charge on any atom is 0.416 e. The van der Waals surface area contributed by atoms with Crippen LogP contribution < -0.4 is 0 Å². The molecule has 2 aliphatic rings. The molecule has 0 spiro atoms. The number of alkyl halides is 3. The lowest BCUT2D eigenvalue weighted by atomic mass is 10.0. The maximum atomic E-state index is 13.3. The molecule has 1 saturated heterocycles. The van der Waals surface area contributed by atoms with E-state index in [1.807, 2.05) is 16.9 Å². The van der Waals surface area contributed by atoms with Gasteiger partial charge in [-0.25, -0.2) is 4.39 Å². The van der Waals surface area contributed by atoms with Gasteiger partial charge in [0.15, 0.2) is 5.83 Å². The van der Waals surface area contributed by atoms with Crippen LogP contribution in [0, 0.1) is 0 Å². The second-order valence-corrected chi connectivity index (χ2v) is 9.13. The van der Waals surface area contributed by atoms with Crippen molar-refractivity contribution in [1.29, 1.82) is 0 Å². The monoisotopic (exact) mass is 496 g/mol. The van der Waals surface area contributed by atoms with Crippen molar-refractivity contribution in [3.63, 3.8) is 0 Å². The minimum atomic E-state index is -4.45. The highest BCUT2D eigenvalue weighted by molar-refractivity contribution is 5.99. The average molecular weight is 496 g/mol. The van der Waals surface area contributed by atoms with Crippen LogP contribution in [0.1, 0.15) is 30.5 Å². The van der Waals surface area contributed by atoms with Crippen LogP contribution >= 0.6 is 0 Å². The summed E-state index contributed by atoms with van der Waals surface area (Å²) < 4.78 is 56.3. The van der Waals surface area contributed by atoms with Crippen molar-refractivity contribution in [2.75, 3.05) is 13.1 Å². The molecular weight excluding hydrogens is 476 g/mol. The molecule has 4 heterocycles. The Bertz CT molecular complexity index is 1490. The molecule has 0 unspecified atom stereocenters. The molecule has 1 aliphatic heterocycles. The molecular formula is C25H20F4N6O. The van der Waals surface area contributed by atoms with E-state index in [0.29, 0.717) is 28.3 Å². The van der Waals surface area contributed by atoms with E-state index < -0.39 is 23.5 Å². The Labute approximate surface area is 202 Å². The Morgan fingerprint density at radius 3 is 2.39 bits per heavy atom. The van der Waals surface area contributed by atoms with Gasteiger partial charge in [0.2, 0.25) is 0 Å². The SMILES string of the molecule is C=C(F)C(=O)N1CC(n2nc(-c3ccc(C(F)(F)F)cc3)c3nccc(-c4cnn(C5CC5)c4)c32)C1. The predicted molar refractivity (Wildman–Crippen MR) is 123 cm³/mol. The van der Waals surface area contributed by atoms with Gasteiger partial charge in [0.05, 0.1) is 29.4 Å². The third-order valence-electron chi connectivity index (χ3n) is 6.63. The minimum absolute atomic E-state index is 0.223. The van der Waals surface area contributed by atoms with Gasteiger partial charge >= 0.3 is 6.18 Å². The molecule has 6 rings (SSSR count). The molecule has 1 aromatic carbocycles. The van der Waals surface area contributed by atoms with Crippen LogP contribution in [0.25, 0.3) is 33.4 Å². The fourth-order valence-electron chi connectivity index (χ4n) is 4.54. The van der Waals surface area contributed by atoms with E-state index in [2.05, 4.69) is 16.7 Å². The molecule has 11 heteroatoms. The van der Waals surface area contributed by atoms with Crippen LogP contribution in [0.15, 0.2) is 61.3 Å². The van der Waals surface area contributed by atoms with Crippen molar-refractivity contribution in [2.45, 2.75) is 31.1 Å². The molecule has 1 saturated carbocycles. The van der Waals surface area contributed by atoms with Crippen LogP contribution in [0.4, 0.5) is 17.6 Å². The Kier molecular flexibility index (Phi) is 4.99. The summed E-state index contributed by atoms with van der Waals surface area (Å²) in [5.74, 6) is -1.80. The number of rotatable bonds is 5. The molecule has 0 bridgehead atoms. The number of hydrogen-bond acceptors (Lipinski definition) is 4. The molecule has 4 aromatic rings. The second-order valence-electron chi connectivity index (χ2n) is 9.13. The van der Waals surface area contributed by atoms with Crippen molar-refractivity contribution in [3.05, 3.63) is 66.9 Å². The molecule has 36 heavy (non-hydrogen) atoms. The molecule has 7 nitrogen and oxygen atoms in total. The molecule has 3 aromatic heterocycles. The van der Waals surface area contributed by atoms with E-state index in [0.717, 1.165) is 36.1 Å². The number of hydrogen-bond donors (Lipinski definition) is 0. The lowest BCUT2D eigenvalue weighted by molar-refractivity contribution is -0.137. The Morgan fingerprint density at radius 1 is 1.03 bits per heavy atom. The third-order valence-corrected chi connectivity index (χ3v) is 6.63. The van der Waals surface area contributed by atoms with Gasteiger partial charge in [-0.3, -0.25) is 19.1 Å². The highest BCUT2D eigenvalue weighted by Crippen LogP contribution is 2.39. The maximum absolute atomic E-state index is 13.3. The van der Waals surface area contributed by atoms with Crippen molar-refractivity contribution in [3.8, 4) is 22.4 Å². The van der Waals surface area contributed by atoms with Crippen molar-refractivity contribution in [2.24, 2.45) is 0 Å². The first-order valence-electron chi connectivity index (χ1n) is 11.4. The number of halogens is 4. The van der Waals surface area contributed by atoms with Gasteiger partial charge in [0.25, 0.3) is 5.91 Å². The van der Waals surface area contributed by atoms with Crippen LogP contribution in [-0.4, -0.2) is 48.4 Å². The zero-order valence-electron chi connectivity index (χ0n) is 18.9. The van der Waals surface area contributed by atoms with E-state index in [4.69, 9.17) is 5.10 Å². The summed E-state index contributed by atoms with van der Waals surface area (Å²) >= 11 is 0. The second kappa shape index (κ2) is 8.00. The average Bonchev–Trinajstić information content (AvgIpc) is 3.43. The first-order valence-corrected chi connectivity index (χ1v) is 11.4. The van der Waals surface area contributed by atoms with Crippen molar-refractivity contribution >= 4 is 16.9 Å². The lowest BCUT2D eigenvalue weighted by Gasteiger charge is -2.39. The van der Waals surface area contributed by atoms with Crippen LogP contribution in [0.3, 0.4) is 0 Å². The molecule has 0 radical (unpaired) electrons. The van der Waals surface area contributed by atoms with E-state index in [1.54, 1.807) is 17.1 Å². The summed E-state index contributed by atoms with van der Waals surface area (Å²) in [7, 11) is 0. The summed E-state index contributed by atoms with van der Waals surface area (Å²) in [4.78, 5) is 17.8. The van der Waals surface area contributed by atoms with Crippen LogP contribution in [0.5, 0.6) is 0 Å². The van der Waals surface area contributed by atoms with Gasteiger partial charge in [-0.05, 0) is 31.0 Å². The topological polar surface area (TPSA) is 68.8 Å². The first kappa shape index (κ1) is 22.4. The van der Waals surface area contributed by atoms with Crippen LogP contribution in [0.2, 0.25) is 0 Å². The van der Waals surface area contributed by atoms with E-state index in [9.17, 15) is 22.4 Å². The molecule has 0 N–H and O–H groups in total. The van der Waals surface area contributed by atoms with E-state index in [-0.39, 0.29) is 19.1 Å². The summed E-state index contributed by atoms with van der Waals surface area (Å²) in [6.45, 7) is 3.52. The third kappa shape index (κ3) is 3.75. The number of benzene rings is 1. The van der Waals surface area contributed by atoms with E-state index >= 15 is 0 Å².